The van der Waals surface area contributed by atoms with Gasteiger partial charge in [-0.15, -0.1) is 0 Å². The molecule has 1 N–H and O–H groups in total. The third kappa shape index (κ3) is 3.25. The lowest BCUT2D eigenvalue weighted by molar-refractivity contribution is -0.130. The average Bonchev–Trinajstić information content (AvgIpc) is 2.22. The van der Waals surface area contributed by atoms with Gasteiger partial charge in [0.25, 0.3) is 0 Å². The Morgan fingerprint density at radius 1 is 1.50 bits per heavy atom. The molecule has 0 bridgehead atoms. The van der Waals surface area contributed by atoms with Crippen LogP contribution in [0.5, 0.6) is 5.75 Å². The van der Waals surface area contributed by atoms with Crippen LogP contribution in [0.3, 0.4) is 0 Å². The van der Waals surface area contributed by atoms with Crippen LogP contribution in [0.25, 0.3) is 0 Å². The van der Waals surface area contributed by atoms with E-state index in [0.717, 1.165) is 29.7 Å². The largest absolute Gasteiger partial charge is 0.506 e. The third-order valence-electron chi connectivity index (χ3n) is 3.10. The lowest BCUT2D eigenvalue weighted by Crippen LogP contribution is -2.51. The zero-order valence-electron chi connectivity index (χ0n) is 11.1. The number of phenolic OH excluding ortho intramolecular Hbond substituents is 1. The van der Waals surface area contributed by atoms with Gasteiger partial charge in [-0.2, -0.15) is 0 Å². The standard InChI is InChI=1S/C14H20BrNO2/c1-10-7-16(9-14(2,3)18-10)8-11-5-4-6-12(15)13(11)17/h4-6,10,17H,7-9H2,1-3H3. The Hall–Kier alpha value is -0.580. The van der Waals surface area contributed by atoms with Crippen LogP contribution in [0.2, 0.25) is 0 Å². The summed E-state index contributed by atoms with van der Waals surface area (Å²) < 4.78 is 6.63. The van der Waals surface area contributed by atoms with Crippen molar-refractivity contribution in [3.8, 4) is 5.75 Å². The van der Waals surface area contributed by atoms with Crippen LogP contribution < -0.4 is 0 Å². The van der Waals surface area contributed by atoms with Gasteiger partial charge in [0, 0.05) is 25.2 Å². The van der Waals surface area contributed by atoms with E-state index in [0.29, 0.717) is 5.75 Å². The summed E-state index contributed by atoms with van der Waals surface area (Å²) in [7, 11) is 0. The summed E-state index contributed by atoms with van der Waals surface area (Å²) in [6, 6.07) is 5.77. The number of ether oxygens (including phenoxy) is 1. The van der Waals surface area contributed by atoms with E-state index >= 15 is 0 Å². The maximum absolute atomic E-state index is 10.0. The molecule has 0 aromatic heterocycles. The summed E-state index contributed by atoms with van der Waals surface area (Å²) in [5.74, 6) is 0.342. The number of para-hydroxylation sites is 1. The van der Waals surface area contributed by atoms with E-state index < -0.39 is 0 Å². The van der Waals surface area contributed by atoms with Gasteiger partial charge in [-0.1, -0.05) is 12.1 Å². The molecule has 100 valence electrons. The van der Waals surface area contributed by atoms with E-state index in [-0.39, 0.29) is 11.7 Å². The number of hydrogen-bond donors (Lipinski definition) is 1. The molecule has 1 aromatic rings. The van der Waals surface area contributed by atoms with Gasteiger partial charge in [-0.25, -0.2) is 0 Å². The van der Waals surface area contributed by atoms with Crippen molar-refractivity contribution < 1.29 is 9.84 Å². The predicted octanol–water partition coefficient (Wildman–Crippen LogP) is 3.15. The van der Waals surface area contributed by atoms with Crippen molar-refractivity contribution in [2.45, 2.75) is 39.0 Å². The van der Waals surface area contributed by atoms with Crippen LogP contribution in [0, 0.1) is 0 Å². The topological polar surface area (TPSA) is 32.7 Å². The number of nitrogens with zero attached hydrogens (tertiary/aromatic N) is 1. The highest BCUT2D eigenvalue weighted by molar-refractivity contribution is 9.10. The SMILES string of the molecule is CC1CN(Cc2cccc(Br)c2O)CC(C)(C)O1. The zero-order valence-corrected chi connectivity index (χ0v) is 12.7. The molecule has 3 nitrogen and oxygen atoms in total. The molecule has 1 aliphatic heterocycles. The van der Waals surface area contributed by atoms with E-state index in [1.54, 1.807) is 0 Å². The third-order valence-corrected chi connectivity index (χ3v) is 3.74. The van der Waals surface area contributed by atoms with Crippen LogP contribution in [0.4, 0.5) is 0 Å². The predicted molar refractivity (Wildman–Crippen MR) is 75.7 cm³/mol. The highest BCUT2D eigenvalue weighted by atomic mass is 79.9. The molecule has 4 heteroatoms. The summed E-state index contributed by atoms with van der Waals surface area (Å²) in [6.45, 7) is 8.84. The van der Waals surface area contributed by atoms with Gasteiger partial charge in [-0.05, 0) is 42.8 Å². The summed E-state index contributed by atoms with van der Waals surface area (Å²) in [5, 5.41) is 10.0. The Morgan fingerprint density at radius 3 is 2.89 bits per heavy atom. The second-order valence-corrected chi connectivity index (χ2v) is 6.46. The van der Waals surface area contributed by atoms with Crippen molar-refractivity contribution in [3.05, 3.63) is 28.2 Å². The van der Waals surface area contributed by atoms with Crippen LogP contribution >= 0.6 is 15.9 Å². The van der Waals surface area contributed by atoms with Crippen molar-refractivity contribution in [1.82, 2.24) is 4.90 Å². The fourth-order valence-corrected chi connectivity index (χ4v) is 3.04. The molecular weight excluding hydrogens is 294 g/mol. The van der Waals surface area contributed by atoms with Gasteiger partial charge in [-0.3, -0.25) is 4.90 Å². The molecule has 1 unspecified atom stereocenters. The minimum atomic E-state index is -0.126. The molecule has 1 aromatic carbocycles. The monoisotopic (exact) mass is 313 g/mol. The highest BCUT2D eigenvalue weighted by Crippen LogP contribution is 2.30. The number of phenols is 1. The number of rotatable bonds is 2. The Kier molecular flexibility index (Phi) is 3.99. The Bertz CT molecular complexity index is 434. The molecule has 1 heterocycles. The molecule has 1 saturated heterocycles. The minimum absolute atomic E-state index is 0.126. The molecule has 0 radical (unpaired) electrons. The smallest absolute Gasteiger partial charge is 0.134 e. The maximum Gasteiger partial charge on any atom is 0.134 e. The van der Waals surface area contributed by atoms with Gasteiger partial charge in [0.2, 0.25) is 0 Å². The van der Waals surface area contributed by atoms with Crippen LogP contribution in [0.15, 0.2) is 22.7 Å². The molecule has 1 fully saturated rings. The summed E-state index contributed by atoms with van der Waals surface area (Å²) in [6.07, 6.45) is 0.225. The Balaban J connectivity index is 2.11. The summed E-state index contributed by atoms with van der Waals surface area (Å²) >= 11 is 3.35. The van der Waals surface area contributed by atoms with Crippen LogP contribution in [-0.2, 0) is 11.3 Å². The average molecular weight is 314 g/mol. The maximum atomic E-state index is 10.0. The van der Waals surface area contributed by atoms with Gasteiger partial charge in [0.1, 0.15) is 5.75 Å². The Labute approximate surface area is 117 Å². The normalized spacial score (nSPS) is 24.1. The zero-order chi connectivity index (χ0) is 13.3. The molecule has 1 aliphatic rings. The molecule has 2 rings (SSSR count). The second-order valence-electron chi connectivity index (χ2n) is 5.61. The second kappa shape index (κ2) is 5.19. The first-order chi connectivity index (χ1) is 8.37. The van der Waals surface area contributed by atoms with Gasteiger partial charge in [0.15, 0.2) is 0 Å². The van der Waals surface area contributed by atoms with Crippen molar-refractivity contribution in [3.63, 3.8) is 0 Å². The molecule has 0 spiro atoms. The first kappa shape index (κ1) is 13.8. The van der Waals surface area contributed by atoms with Crippen molar-refractivity contribution in [2.24, 2.45) is 0 Å². The molecule has 0 amide bonds. The summed E-state index contributed by atoms with van der Waals surface area (Å²) in [4.78, 5) is 2.33. The van der Waals surface area contributed by atoms with E-state index in [4.69, 9.17) is 4.74 Å². The van der Waals surface area contributed by atoms with Crippen LogP contribution in [-0.4, -0.2) is 34.8 Å². The van der Waals surface area contributed by atoms with E-state index in [1.165, 1.54) is 0 Å². The van der Waals surface area contributed by atoms with Crippen molar-refractivity contribution in [1.29, 1.82) is 0 Å². The fourth-order valence-electron chi connectivity index (χ4n) is 2.63. The van der Waals surface area contributed by atoms with Crippen molar-refractivity contribution >= 4 is 15.9 Å². The van der Waals surface area contributed by atoms with Gasteiger partial charge in [0.05, 0.1) is 16.2 Å². The fraction of sp³-hybridized carbons (Fsp3) is 0.571. The quantitative estimate of drug-likeness (QED) is 0.910. The number of halogens is 1. The van der Waals surface area contributed by atoms with Gasteiger partial charge < -0.3 is 9.84 Å². The van der Waals surface area contributed by atoms with Gasteiger partial charge >= 0.3 is 0 Å². The number of morpholine rings is 1. The number of aromatic hydroxyl groups is 1. The first-order valence-electron chi connectivity index (χ1n) is 6.24. The van der Waals surface area contributed by atoms with E-state index in [2.05, 4.69) is 41.6 Å². The molecular formula is C14H20BrNO2. The lowest BCUT2D eigenvalue weighted by atomic mass is 10.0. The minimum Gasteiger partial charge on any atom is -0.506 e. The van der Waals surface area contributed by atoms with Crippen molar-refractivity contribution in [2.75, 3.05) is 13.1 Å². The van der Waals surface area contributed by atoms with E-state index in [9.17, 15) is 5.11 Å². The molecule has 1 atom stereocenters. The van der Waals surface area contributed by atoms with Crippen LogP contribution in [0.1, 0.15) is 26.3 Å². The van der Waals surface area contributed by atoms with E-state index in [1.807, 2.05) is 18.2 Å². The first-order valence-corrected chi connectivity index (χ1v) is 7.03. The summed E-state index contributed by atoms with van der Waals surface area (Å²) in [5.41, 5.74) is 0.827. The Morgan fingerprint density at radius 2 is 2.22 bits per heavy atom. The number of benzene rings is 1. The molecule has 18 heavy (non-hydrogen) atoms. The lowest BCUT2D eigenvalue weighted by Gasteiger charge is -2.41. The molecule has 0 saturated carbocycles. The highest BCUT2D eigenvalue weighted by Gasteiger charge is 2.31. The molecule has 0 aliphatic carbocycles. The number of hydrogen-bond acceptors (Lipinski definition) is 3.